The summed E-state index contributed by atoms with van der Waals surface area (Å²) in [6.45, 7) is 2.89. The van der Waals surface area contributed by atoms with Crippen molar-refractivity contribution >= 4 is 17.1 Å². The van der Waals surface area contributed by atoms with Crippen LogP contribution in [0.5, 0.6) is 0 Å². The minimum absolute atomic E-state index is 0.128. The molecular weight excluding hydrogens is 334 g/mol. The average Bonchev–Trinajstić information content (AvgIpc) is 3.20. The number of hydrogen-bond acceptors (Lipinski definition) is 5. The Labute approximate surface area is 150 Å². The number of ether oxygens (including phenoxy) is 2. The minimum atomic E-state index is -0.893. The number of nitriles is 1. The summed E-state index contributed by atoms with van der Waals surface area (Å²) < 4.78 is 11.5. The molecule has 1 saturated heterocycles. The molecule has 0 amide bonds. The van der Waals surface area contributed by atoms with Crippen molar-refractivity contribution in [2.24, 2.45) is 0 Å². The van der Waals surface area contributed by atoms with E-state index in [1.54, 1.807) is 30.3 Å². The van der Waals surface area contributed by atoms with Gasteiger partial charge < -0.3 is 25.0 Å². The van der Waals surface area contributed by atoms with Crippen molar-refractivity contribution in [3.63, 3.8) is 0 Å². The van der Waals surface area contributed by atoms with Gasteiger partial charge in [0.15, 0.2) is 12.4 Å². The summed E-state index contributed by atoms with van der Waals surface area (Å²) in [5, 5.41) is 35.2. The van der Waals surface area contributed by atoms with Gasteiger partial charge in [0.2, 0.25) is 11.7 Å². The lowest BCUT2D eigenvalue weighted by Gasteiger charge is -2.33. The van der Waals surface area contributed by atoms with Crippen LogP contribution in [-0.4, -0.2) is 23.7 Å². The molecule has 2 aliphatic heterocycles. The van der Waals surface area contributed by atoms with Crippen LogP contribution in [-0.2, 0) is 9.47 Å². The fourth-order valence-corrected chi connectivity index (χ4v) is 3.33. The normalized spacial score (nSPS) is 23.0. The maximum atomic E-state index is 13.0. The Bertz CT molecular complexity index is 911. The van der Waals surface area contributed by atoms with E-state index in [1.807, 2.05) is 25.1 Å². The number of nitrogens with zero attached hydrogens (tertiary/aromatic N) is 2. The molecule has 0 aliphatic carbocycles. The van der Waals surface area contributed by atoms with Crippen molar-refractivity contribution in [1.82, 2.24) is 0 Å². The van der Waals surface area contributed by atoms with Crippen LogP contribution in [0.2, 0.25) is 0 Å². The van der Waals surface area contributed by atoms with Crippen LogP contribution in [0.25, 0.3) is 0 Å². The topological polar surface area (TPSA) is 95.8 Å². The van der Waals surface area contributed by atoms with E-state index in [0.29, 0.717) is 34.8 Å². The Kier molecular flexibility index (Phi) is 4.18. The van der Waals surface area contributed by atoms with Crippen LogP contribution in [0, 0.1) is 28.7 Å². The molecule has 7 heteroatoms. The third-order valence-corrected chi connectivity index (χ3v) is 4.68. The Morgan fingerprint density at radius 2 is 1.77 bits per heavy atom. The highest BCUT2D eigenvalue weighted by atomic mass is 16.7. The van der Waals surface area contributed by atoms with Gasteiger partial charge in [-0.2, -0.15) is 5.26 Å². The van der Waals surface area contributed by atoms with E-state index in [4.69, 9.17) is 9.47 Å². The maximum absolute atomic E-state index is 13.0. The zero-order chi connectivity index (χ0) is 18.3. The second kappa shape index (κ2) is 6.52. The van der Waals surface area contributed by atoms with E-state index in [9.17, 15) is 15.7 Å². The Morgan fingerprint density at radius 1 is 1.12 bits per heavy atom. The van der Waals surface area contributed by atoms with Gasteiger partial charge in [0.05, 0.1) is 13.2 Å². The monoisotopic (exact) mass is 351 g/mol. The van der Waals surface area contributed by atoms with Gasteiger partial charge in [-0.05, 0) is 13.0 Å². The summed E-state index contributed by atoms with van der Waals surface area (Å²) in [5.41, 5.74) is 2.65. The highest BCUT2D eigenvalue weighted by Gasteiger charge is 2.41. The van der Waals surface area contributed by atoms with E-state index in [1.165, 1.54) is 0 Å². The van der Waals surface area contributed by atoms with Crippen molar-refractivity contribution < 1.29 is 19.3 Å². The molecule has 7 nitrogen and oxygen atoms in total. The minimum Gasteiger partial charge on any atom is -0.628 e. The predicted molar refractivity (Wildman–Crippen MR) is 92.9 cm³/mol. The summed E-state index contributed by atoms with van der Waals surface area (Å²) in [4.78, 5) is 0. The summed E-state index contributed by atoms with van der Waals surface area (Å²) >= 11 is 0. The molecule has 2 unspecified atom stereocenters. The first-order valence-electron chi connectivity index (χ1n) is 8.32. The van der Waals surface area contributed by atoms with Crippen LogP contribution in [0.1, 0.15) is 29.0 Å². The second-order valence-corrected chi connectivity index (χ2v) is 6.35. The van der Waals surface area contributed by atoms with Crippen LogP contribution in [0.4, 0.5) is 11.4 Å². The average molecular weight is 351 g/mol. The first kappa shape index (κ1) is 16.7. The van der Waals surface area contributed by atoms with Gasteiger partial charge in [0.1, 0.15) is 0 Å². The molecule has 0 saturated carbocycles. The highest BCUT2D eigenvalue weighted by molar-refractivity contribution is 6.00. The van der Waals surface area contributed by atoms with Gasteiger partial charge in [-0.3, -0.25) is 0 Å². The molecule has 2 aromatic carbocycles. The van der Waals surface area contributed by atoms with Gasteiger partial charge in [-0.1, -0.05) is 29.8 Å². The zero-order valence-corrected chi connectivity index (χ0v) is 14.1. The Balaban J connectivity index is 1.81. The Morgan fingerprint density at radius 3 is 2.42 bits per heavy atom. The van der Waals surface area contributed by atoms with Crippen molar-refractivity contribution in [2.45, 2.75) is 19.3 Å². The quantitative estimate of drug-likeness (QED) is 0.659. The molecule has 1 N–H and O–H groups in total. The third-order valence-electron chi connectivity index (χ3n) is 4.68. The predicted octanol–water partition coefficient (Wildman–Crippen LogP) is 1.92. The summed E-state index contributed by atoms with van der Waals surface area (Å²) in [5.74, 6) is 0. The van der Waals surface area contributed by atoms with E-state index < -0.39 is 12.3 Å². The molecule has 0 spiro atoms. The fourth-order valence-electron chi connectivity index (χ4n) is 3.33. The molecule has 132 valence electrons. The zero-order valence-electron chi connectivity index (χ0n) is 14.1. The van der Waals surface area contributed by atoms with E-state index >= 15 is 0 Å². The van der Waals surface area contributed by atoms with Crippen LogP contribution < -0.4 is 5.06 Å². The number of aryl methyl sites for hydroxylation is 1. The largest absolute Gasteiger partial charge is 0.628 e. The molecule has 0 aromatic heterocycles. The summed E-state index contributed by atoms with van der Waals surface area (Å²) in [6, 6.07) is 13.2. The second-order valence-electron chi connectivity index (χ2n) is 6.35. The van der Waals surface area contributed by atoms with Crippen molar-refractivity contribution in [2.75, 3.05) is 13.2 Å². The molecule has 2 heterocycles. The summed E-state index contributed by atoms with van der Waals surface area (Å²) in [7, 11) is 0. The SMILES string of the molecule is Cc1ccc(C2C(C#N)=[N+]([O-])c3cc(C4OCCO4)ccc3[NH+]2[O-])cc1. The molecule has 0 bridgehead atoms. The molecule has 26 heavy (non-hydrogen) atoms. The Hall–Kier alpha value is -2.76. The molecular formula is C19H17N3O4. The van der Waals surface area contributed by atoms with Gasteiger partial charge in [0, 0.05) is 23.3 Å². The molecule has 4 rings (SSSR count). The van der Waals surface area contributed by atoms with Crippen molar-refractivity contribution in [3.8, 4) is 6.07 Å². The van der Waals surface area contributed by atoms with Crippen LogP contribution in [0.15, 0.2) is 42.5 Å². The fraction of sp³-hybridized carbons (Fsp3) is 0.263. The van der Waals surface area contributed by atoms with Gasteiger partial charge in [-0.15, -0.1) is 4.74 Å². The standard InChI is InChI=1S/C19H17N3O4/c1-12-2-4-13(5-3-12)18-17(11-20)21(23)16-10-14(19-25-8-9-26-19)6-7-15(16)22(18)24/h2-7,10,18-19,22H,8-9H2,1H3. The van der Waals surface area contributed by atoms with Crippen molar-refractivity contribution in [3.05, 3.63) is 69.6 Å². The summed E-state index contributed by atoms with van der Waals surface area (Å²) in [6.07, 6.45) is -0.552. The number of fused-ring (bicyclic) bond motifs is 1. The number of benzene rings is 2. The third kappa shape index (κ3) is 2.66. The lowest BCUT2D eigenvalue weighted by Crippen LogP contribution is -3.04. The van der Waals surface area contributed by atoms with E-state index in [2.05, 4.69) is 0 Å². The van der Waals surface area contributed by atoms with Crippen LogP contribution in [0.3, 0.4) is 0 Å². The van der Waals surface area contributed by atoms with E-state index in [0.717, 1.165) is 5.56 Å². The number of hydroxylamine groups is 1. The van der Waals surface area contributed by atoms with Crippen molar-refractivity contribution in [1.29, 1.82) is 5.26 Å². The molecule has 1 fully saturated rings. The molecule has 2 aliphatic rings. The number of quaternary nitrogens is 1. The van der Waals surface area contributed by atoms with Crippen LogP contribution >= 0.6 is 0 Å². The lowest BCUT2D eigenvalue weighted by molar-refractivity contribution is -0.808. The molecule has 0 radical (unpaired) electrons. The first-order valence-corrected chi connectivity index (χ1v) is 8.32. The highest BCUT2D eigenvalue weighted by Crippen LogP contribution is 2.33. The lowest BCUT2D eigenvalue weighted by atomic mass is 9.98. The molecule has 2 atom stereocenters. The van der Waals surface area contributed by atoms with Gasteiger partial charge >= 0.3 is 5.71 Å². The van der Waals surface area contributed by atoms with E-state index in [-0.39, 0.29) is 16.5 Å². The number of nitrogens with one attached hydrogen (secondary N) is 1. The maximum Gasteiger partial charge on any atom is 0.335 e. The first-order chi connectivity index (χ1) is 12.6. The smallest absolute Gasteiger partial charge is 0.335 e. The number of hydrogen-bond donors (Lipinski definition) is 1. The van der Waals surface area contributed by atoms with Gasteiger partial charge in [-0.25, -0.2) is 0 Å². The number of rotatable bonds is 2. The molecule has 2 aromatic rings. The van der Waals surface area contributed by atoms with Gasteiger partial charge in [0.25, 0.3) is 5.69 Å².